The van der Waals surface area contributed by atoms with Crippen LogP contribution in [0.15, 0.2) is 41.1 Å². The number of ether oxygens (including phenoxy) is 2. The van der Waals surface area contributed by atoms with Gasteiger partial charge in [-0.15, -0.1) is 0 Å². The van der Waals surface area contributed by atoms with Gasteiger partial charge in [-0.05, 0) is 32.9 Å². The lowest BCUT2D eigenvalue weighted by atomic mass is 10.2. The van der Waals surface area contributed by atoms with Gasteiger partial charge in [0.1, 0.15) is 12.4 Å². The molecule has 0 saturated carbocycles. The average Bonchev–Trinajstić information content (AvgIpc) is 3.18. The van der Waals surface area contributed by atoms with Gasteiger partial charge in [0.05, 0.1) is 29.7 Å². The predicted octanol–water partition coefficient (Wildman–Crippen LogP) is 3.23. The number of aromatic nitrogens is 3. The lowest BCUT2D eigenvalue weighted by Gasteiger charge is -2.05. The molecule has 0 aliphatic heterocycles. The fraction of sp³-hybridized carbons (Fsp3) is 0.278. The fourth-order valence-electron chi connectivity index (χ4n) is 2.38. The highest BCUT2D eigenvalue weighted by molar-refractivity contribution is 5.90. The second-order valence-electron chi connectivity index (χ2n) is 5.43. The van der Waals surface area contributed by atoms with Crippen molar-refractivity contribution in [3.8, 4) is 11.4 Å². The second kappa shape index (κ2) is 7.21. The van der Waals surface area contributed by atoms with E-state index in [2.05, 4.69) is 10.3 Å². The van der Waals surface area contributed by atoms with Crippen molar-refractivity contribution < 1.29 is 18.8 Å². The molecule has 0 N–H and O–H groups in total. The van der Waals surface area contributed by atoms with Crippen LogP contribution in [0.1, 0.15) is 34.4 Å². The van der Waals surface area contributed by atoms with Gasteiger partial charge in [-0.2, -0.15) is 5.10 Å². The van der Waals surface area contributed by atoms with E-state index in [1.807, 2.05) is 44.2 Å². The Morgan fingerprint density at radius 3 is 2.64 bits per heavy atom. The van der Waals surface area contributed by atoms with Crippen molar-refractivity contribution in [1.82, 2.24) is 14.9 Å². The molecule has 0 aliphatic rings. The van der Waals surface area contributed by atoms with E-state index in [9.17, 15) is 4.79 Å². The smallest absolute Gasteiger partial charge is 0.362 e. The van der Waals surface area contributed by atoms with Gasteiger partial charge in [0.2, 0.25) is 5.69 Å². The maximum absolute atomic E-state index is 12.2. The average molecular weight is 341 g/mol. The van der Waals surface area contributed by atoms with Gasteiger partial charge >= 0.3 is 5.97 Å². The molecule has 0 saturated heterocycles. The highest BCUT2D eigenvalue weighted by Crippen LogP contribution is 2.23. The molecule has 130 valence electrons. The van der Waals surface area contributed by atoms with Crippen LogP contribution in [-0.2, 0) is 11.3 Å². The van der Waals surface area contributed by atoms with E-state index in [0.717, 1.165) is 16.9 Å². The number of hydrogen-bond acceptors (Lipinski definition) is 6. The Hall–Kier alpha value is -3.09. The summed E-state index contributed by atoms with van der Waals surface area (Å²) < 4.78 is 17.6. The minimum absolute atomic E-state index is 0.137. The molecule has 2 heterocycles. The molecule has 25 heavy (non-hydrogen) atoms. The molecule has 7 heteroatoms. The highest BCUT2D eigenvalue weighted by Gasteiger charge is 2.21. The van der Waals surface area contributed by atoms with Crippen molar-refractivity contribution >= 4 is 5.97 Å². The molecule has 0 spiro atoms. The first-order valence-electron chi connectivity index (χ1n) is 7.97. The van der Waals surface area contributed by atoms with Crippen LogP contribution >= 0.6 is 0 Å². The molecule has 3 rings (SSSR count). The van der Waals surface area contributed by atoms with E-state index in [1.165, 1.54) is 0 Å². The fourth-order valence-corrected chi connectivity index (χ4v) is 2.38. The summed E-state index contributed by atoms with van der Waals surface area (Å²) in [6.45, 7) is 5.90. The quantitative estimate of drug-likeness (QED) is 0.641. The van der Waals surface area contributed by atoms with E-state index in [-0.39, 0.29) is 18.9 Å². The first-order chi connectivity index (χ1) is 12.1. The number of esters is 1. The molecule has 0 fully saturated rings. The summed E-state index contributed by atoms with van der Waals surface area (Å²) in [5, 5.41) is 8.22. The number of nitrogens with zero attached hydrogens (tertiary/aromatic N) is 3. The van der Waals surface area contributed by atoms with Crippen LogP contribution in [0.4, 0.5) is 0 Å². The minimum Gasteiger partial charge on any atom is -0.484 e. The van der Waals surface area contributed by atoms with Gasteiger partial charge in [0.15, 0.2) is 5.75 Å². The van der Waals surface area contributed by atoms with Crippen LogP contribution in [0.2, 0.25) is 0 Å². The van der Waals surface area contributed by atoms with Crippen molar-refractivity contribution in [2.24, 2.45) is 0 Å². The van der Waals surface area contributed by atoms with Crippen molar-refractivity contribution in [3.05, 3.63) is 59.2 Å². The van der Waals surface area contributed by atoms with Gasteiger partial charge in [-0.25, -0.2) is 9.48 Å². The normalized spacial score (nSPS) is 10.7. The first-order valence-corrected chi connectivity index (χ1v) is 7.97. The Bertz CT molecular complexity index is 848. The number of hydrogen-bond donors (Lipinski definition) is 0. The summed E-state index contributed by atoms with van der Waals surface area (Å²) in [6.07, 6.45) is 1.67. The van der Waals surface area contributed by atoms with Gasteiger partial charge in [0.25, 0.3) is 0 Å². The topological polar surface area (TPSA) is 79.4 Å². The molecule has 0 radical (unpaired) electrons. The molecule has 3 aromatic rings. The van der Waals surface area contributed by atoms with E-state index >= 15 is 0 Å². The molecular formula is C18H19N3O4. The molecule has 0 atom stereocenters. The number of carbonyl (C=O) groups is 1. The van der Waals surface area contributed by atoms with Crippen LogP contribution in [0.5, 0.6) is 5.75 Å². The minimum atomic E-state index is -0.522. The van der Waals surface area contributed by atoms with Gasteiger partial charge in [-0.1, -0.05) is 23.4 Å². The molecule has 0 unspecified atom stereocenters. The third-order valence-electron chi connectivity index (χ3n) is 3.72. The second-order valence-corrected chi connectivity index (χ2v) is 5.43. The Morgan fingerprint density at radius 2 is 2.00 bits per heavy atom. The zero-order valence-corrected chi connectivity index (χ0v) is 14.4. The molecule has 2 aromatic heterocycles. The van der Waals surface area contributed by atoms with Crippen LogP contribution in [0.3, 0.4) is 0 Å². The first kappa shape index (κ1) is 16.8. The predicted molar refractivity (Wildman–Crippen MR) is 89.8 cm³/mol. The molecule has 0 aliphatic carbocycles. The molecule has 0 bridgehead atoms. The summed E-state index contributed by atoms with van der Waals surface area (Å²) in [6, 6.07) is 9.48. The number of aryl methyl sites for hydroxylation is 2. The summed E-state index contributed by atoms with van der Waals surface area (Å²) >= 11 is 0. The number of carbonyl (C=O) groups excluding carboxylic acids is 1. The van der Waals surface area contributed by atoms with Crippen molar-refractivity contribution in [2.45, 2.75) is 27.4 Å². The molecule has 1 aromatic carbocycles. The van der Waals surface area contributed by atoms with Gasteiger partial charge in [-0.3, -0.25) is 0 Å². The summed E-state index contributed by atoms with van der Waals surface area (Å²) in [5.74, 6) is 0.513. The van der Waals surface area contributed by atoms with E-state index in [1.54, 1.807) is 17.8 Å². The third kappa shape index (κ3) is 3.55. The van der Waals surface area contributed by atoms with Crippen molar-refractivity contribution in [1.29, 1.82) is 0 Å². The summed E-state index contributed by atoms with van der Waals surface area (Å²) in [7, 11) is 0. The van der Waals surface area contributed by atoms with Crippen LogP contribution in [-0.4, -0.2) is 27.5 Å². The molecule has 0 amide bonds. The van der Waals surface area contributed by atoms with E-state index in [4.69, 9.17) is 14.0 Å². The Morgan fingerprint density at radius 1 is 1.24 bits per heavy atom. The largest absolute Gasteiger partial charge is 0.484 e. The van der Waals surface area contributed by atoms with Gasteiger partial charge in [0, 0.05) is 0 Å². The van der Waals surface area contributed by atoms with Crippen molar-refractivity contribution in [2.75, 3.05) is 6.61 Å². The number of benzene rings is 1. The zero-order valence-electron chi connectivity index (χ0n) is 14.4. The Kier molecular flexibility index (Phi) is 4.83. The van der Waals surface area contributed by atoms with Crippen LogP contribution < -0.4 is 4.74 Å². The Balaban J connectivity index is 1.90. The summed E-state index contributed by atoms with van der Waals surface area (Å²) in [5.41, 5.74) is 2.56. The lowest BCUT2D eigenvalue weighted by Crippen LogP contribution is -2.09. The standard InChI is InChI=1S/C18H19N3O4/c1-4-23-18(22)17-16(24-11-15-12(2)20-25-13(15)3)10-21(19-17)14-8-6-5-7-9-14/h5-10H,4,11H2,1-3H3. The summed E-state index contributed by atoms with van der Waals surface area (Å²) in [4.78, 5) is 12.2. The van der Waals surface area contributed by atoms with Gasteiger partial charge < -0.3 is 14.0 Å². The highest BCUT2D eigenvalue weighted by atomic mass is 16.5. The van der Waals surface area contributed by atoms with E-state index < -0.39 is 5.97 Å². The van der Waals surface area contributed by atoms with Crippen LogP contribution in [0.25, 0.3) is 5.69 Å². The van der Waals surface area contributed by atoms with Crippen LogP contribution in [0, 0.1) is 13.8 Å². The maximum Gasteiger partial charge on any atom is 0.362 e. The molecule has 7 nitrogen and oxygen atoms in total. The SMILES string of the molecule is CCOC(=O)c1nn(-c2ccccc2)cc1OCc1c(C)noc1C. The molecular weight excluding hydrogens is 322 g/mol. The maximum atomic E-state index is 12.2. The zero-order chi connectivity index (χ0) is 17.8. The number of rotatable bonds is 6. The lowest BCUT2D eigenvalue weighted by molar-refractivity contribution is 0.0514. The number of para-hydroxylation sites is 1. The van der Waals surface area contributed by atoms with Crippen molar-refractivity contribution in [3.63, 3.8) is 0 Å². The third-order valence-corrected chi connectivity index (χ3v) is 3.72. The Labute approximate surface area is 145 Å². The monoisotopic (exact) mass is 341 g/mol. The van der Waals surface area contributed by atoms with E-state index in [0.29, 0.717) is 11.5 Å².